The van der Waals surface area contributed by atoms with Crippen LogP contribution in [0, 0.1) is 17.2 Å². The molecule has 1 N–H and O–H groups in total. The van der Waals surface area contributed by atoms with E-state index in [1.807, 2.05) is 0 Å². The molecule has 1 heterocycles. The molecule has 0 unspecified atom stereocenters. The van der Waals surface area contributed by atoms with Gasteiger partial charge in [0, 0.05) is 19.0 Å². The minimum absolute atomic E-state index is 0.119. The molecule has 4 heteroatoms. The fourth-order valence-corrected chi connectivity index (χ4v) is 3.14. The predicted molar refractivity (Wildman–Crippen MR) is 74.4 cm³/mol. The number of piperidine rings is 1. The molecule has 1 saturated heterocycles. The van der Waals surface area contributed by atoms with Crippen LogP contribution in [0.4, 0.5) is 0 Å². The van der Waals surface area contributed by atoms with E-state index in [0.717, 1.165) is 51.6 Å². The van der Waals surface area contributed by atoms with E-state index in [1.165, 1.54) is 12.8 Å². The predicted octanol–water partition coefficient (Wildman–Crippen LogP) is 2.06. The second-order valence-electron chi connectivity index (χ2n) is 6.17. The monoisotopic (exact) mass is 263 g/mol. The molecule has 0 bridgehead atoms. The van der Waals surface area contributed by atoms with Crippen molar-refractivity contribution in [2.45, 2.75) is 56.9 Å². The fourth-order valence-electron chi connectivity index (χ4n) is 3.14. The van der Waals surface area contributed by atoms with Gasteiger partial charge in [0.1, 0.15) is 5.54 Å². The van der Waals surface area contributed by atoms with E-state index in [0.29, 0.717) is 0 Å². The summed E-state index contributed by atoms with van der Waals surface area (Å²) in [5.41, 5.74) is -0.615. The minimum Gasteiger partial charge on any atom is -0.337 e. The molecule has 2 rings (SSSR count). The highest BCUT2D eigenvalue weighted by Gasteiger charge is 2.36. The summed E-state index contributed by atoms with van der Waals surface area (Å²) in [7, 11) is 2.06. The van der Waals surface area contributed by atoms with Crippen LogP contribution in [0.1, 0.15) is 51.4 Å². The number of rotatable bonds is 2. The molecule has 19 heavy (non-hydrogen) atoms. The molecule has 1 saturated carbocycles. The Labute approximate surface area is 116 Å². The third-order valence-electron chi connectivity index (χ3n) is 4.64. The van der Waals surface area contributed by atoms with Gasteiger partial charge in [-0.05, 0) is 32.7 Å². The molecule has 1 aliphatic carbocycles. The number of nitrogens with one attached hydrogen (secondary N) is 1. The Morgan fingerprint density at radius 3 is 2.32 bits per heavy atom. The smallest absolute Gasteiger partial charge is 0.224 e. The summed E-state index contributed by atoms with van der Waals surface area (Å²) in [6.07, 6.45) is 8.29. The average Bonchev–Trinajstić information content (AvgIpc) is 2.71. The Bertz CT molecular complexity index is 345. The van der Waals surface area contributed by atoms with Crippen LogP contribution < -0.4 is 5.32 Å². The normalized spacial score (nSPS) is 25.3. The third-order valence-corrected chi connectivity index (χ3v) is 4.64. The maximum Gasteiger partial charge on any atom is 0.224 e. The lowest BCUT2D eigenvalue weighted by molar-refractivity contribution is -0.127. The molecule has 2 aliphatic rings. The van der Waals surface area contributed by atoms with Gasteiger partial charge in [0.2, 0.25) is 5.91 Å². The van der Waals surface area contributed by atoms with Gasteiger partial charge in [0.05, 0.1) is 6.07 Å². The molecule has 0 radical (unpaired) electrons. The lowest BCUT2D eigenvalue weighted by atomic mass is 9.87. The lowest BCUT2D eigenvalue weighted by Gasteiger charge is -2.36. The van der Waals surface area contributed by atoms with Gasteiger partial charge in [-0.25, -0.2) is 0 Å². The molecule has 1 aliphatic heterocycles. The topological polar surface area (TPSA) is 56.1 Å². The number of nitriles is 1. The van der Waals surface area contributed by atoms with Crippen molar-refractivity contribution in [1.82, 2.24) is 10.2 Å². The number of hydrogen-bond donors (Lipinski definition) is 1. The molecule has 4 nitrogen and oxygen atoms in total. The van der Waals surface area contributed by atoms with E-state index in [9.17, 15) is 10.1 Å². The van der Waals surface area contributed by atoms with E-state index in [1.54, 1.807) is 0 Å². The average molecular weight is 263 g/mol. The summed E-state index contributed by atoms with van der Waals surface area (Å²) >= 11 is 0. The lowest BCUT2D eigenvalue weighted by Crippen LogP contribution is -2.55. The summed E-state index contributed by atoms with van der Waals surface area (Å²) in [5.74, 6) is 0.250. The van der Waals surface area contributed by atoms with Gasteiger partial charge in [-0.2, -0.15) is 5.26 Å². The number of likely N-dealkylation sites (tertiary alicyclic amines) is 1. The number of nitrogens with zero attached hydrogens (tertiary/aromatic N) is 2. The van der Waals surface area contributed by atoms with Crippen molar-refractivity contribution in [2.75, 3.05) is 20.1 Å². The number of carbonyl (C=O) groups excluding carboxylic acids is 1. The highest BCUT2D eigenvalue weighted by atomic mass is 16.2. The molecular formula is C15H25N3O. The van der Waals surface area contributed by atoms with Crippen LogP contribution in [0.5, 0.6) is 0 Å². The number of carbonyl (C=O) groups is 1. The second kappa shape index (κ2) is 6.38. The quantitative estimate of drug-likeness (QED) is 0.776. The van der Waals surface area contributed by atoms with Crippen LogP contribution >= 0.6 is 0 Å². The number of hydrogen-bond acceptors (Lipinski definition) is 3. The van der Waals surface area contributed by atoms with Crippen LogP contribution in [-0.4, -0.2) is 36.5 Å². The first-order valence-electron chi connectivity index (χ1n) is 7.57. The van der Waals surface area contributed by atoms with Crippen LogP contribution in [0.2, 0.25) is 0 Å². The van der Waals surface area contributed by atoms with Crippen LogP contribution in [-0.2, 0) is 4.79 Å². The first-order chi connectivity index (χ1) is 9.15. The number of amides is 1. The van der Waals surface area contributed by atoms with Gasteiger partial charge in [-0.3, -0.25) is 4.79 Å². The van der Waals surface area contributed by atoms with Crippen molar-refractivity contribution in [3.63, 3.8) is 0 Å². The summed E-state index contributed by atoms with van der Waals surface area (Å²) < 4.78 is 0. The highest BCUT2D eigenvalue weighted by Crippen LogP contribution is 2.26. The highest BCUT2D eigenvalue weighted by molar-refractivity contribution is 5.80. The molecule has 0 aromatic carbocycles. The Balaban J connectivity index is 1.94. The SMILES string of the molecule is CN1CCC(C#N)(NC(=O)C2CCCCCC2)CC1. The summed E-state index contributed by atoms with van der Waals surface area (Å²) in [5, 5.41) is 12.5. The maximum absolute atomic E-state index is 12.4. The second-order valence-corrected chi connectivity index (χ2v) is 6.17. The van der Waals surface area contributed by atoms with Crippen molar-refractivity contribution in [1.29, 1.82) is 5.26 Å². The summed E-state index contributed by atoms with van der Waals surface area (Å²) in [4.78, 5) is 14.6. The van der Waals surface area contributed by atoms with Gasteiger partial charge in [0.25, 0.3) is 0 Å². The molecule has 0 aromatic rings. The van der Waals surface area contributed by atoms with E-state index in [-0.39, 0.29) is 11.8 Å². The molecule has 0 atom stereocenters. The molecular weight excluding hydrogens is 238 g/mol. The Morgan fingerprint density at radius 1 is 1.21 bits per heavy atom. The van der Waals surface area contributed by atoms with E-state index in [2.05, 4.69) is 23.3 Å². The summed E-state index contributed by atoms with van der Waals surface area (Å²) in [6, 6.07) is 2.36. The zero-order valence-electron chi connectivity index (χ0n) is 12.0. The molecule has 106 valence electrons. The first-order valence-corrected chi connectivity index (χ1v) is 7.57. The minimum atomic E-state index is -0.615. The van der Waals surface area contributed by atoms with Crippen LogP contribution in [0.25, 0.3) is 0 Å². The standard InChI is InChI=1S/C15H25N3O/c1-18-10-8-15(12-16,9-11-18)17-14(19)13-6-4-2-3-5-7-13/h13H,2-11H2,1H3,(H,17,19). The van der Waals surface area contributed by atoms with Gasteiger partial charge in [0.15, 0.2) is 0 Å². The zero-order chi connectivity index (χ0) is 13.7. The van der Waals surface area contributed by atoms with E-state index in [4.69, 9.17) is 0 Å². The molecule has 0 spiro atoms. The first kappa shape index (κ1) is 14.3. The van der Waals surface area contributed by atoms with Gasteiger partial charge in [-0.15, -0.1) is 0 Å². The molecule has 2 fully saturated rings. The van der Waals surface area contributed by atoms with Crippen molar-refractivity contribution >= 4 is 5.91 Å². The Morgan fingerprint density at radius 2 is 1.79 bits per heavy atom. The third kappa shape index (κ3) is 3.70. The zero-order valence-corrected chi connectivity index (χ0v) is 12.0. The van der Waals surface area contributed by atoms with Crippen molar-refractivity contribution in [3.8, 4) is 6.07 Å². The summed E-state index contributed by atoms with van der Waals surface area (Å²) in [6.45, 7) is 1.77. The van der Waals surface area contributed by atoms with E-state index < -0.39 is 5.54 Å². The van der Waals surface area contributed by atoms with Crippen LogP contribution in [0.15, 0.2) is 0 Å². The molecule has 0 aromatic heterocycles. The largest absolute Gasteiger partial charge is 0.337 e. The Kier molecular flexibility index (Phi) is 4.81. The van der Waals surface area contributed by atoms with Gasteiger partial charge >= 0.3 is 0 Å². The van der Waals surface area contributed by atoms with Gasteiger partial charge in [-0.1, -0.05) is 25.7 Å². The molecule has 1 amide bonds. The Hall–Kier alpha value is -1.08. The van der Waals surface area contributed by atoms with Gasteiger partial charge < -0.3 is 10.2 Å². The van der Waals surface area contributed by atoms with Crippen molar-refractivity contribution in [3.05, 3.63) is 0 Å². The van der Waals surface area contributed by atoms with E-state index >= 15 is 0 Å². The van der Waals surface area contributed by atoms with Crippen molar-refractivity contribution < 1.29 is 4.79 Å². The maximum atomic E-state index is 12.4. The van der Waals surface area contributed by atoms with Crippen molar-refractivity contribution in [2.24, 2.45) is 5.92 Å². The van der Waals surface area contributed by atoms with Crippen LogP contribution in [0.3, 0.4) is 0 Å². The fraction of sp³-hybridized carbons (Fsp3) is 0.867.